The Balaban J connectivity index is 2.55. The number of rotatable bonds is 6. The van der Waals surface area contributed by atoms with Gasteiger partial charge in [0.2, 0.25) is 0 Å². The van der Waals surface area contributed by atoms with Crippen molar-refractivity contribution in [3.8, 4) is 0 Å². The van der Waals surface area contributed by atoms with Crippen molar-refractivity contribution in [3.63, 3.8) is 0 Å². The predicted octanol–water partition coefficient (Wildman–Crippen LogP) is 3.05. The Kier molecular flexibility index (Phi) is 5.34. The molecule has 0 heterocycles. The molecule has 0 aliphatic heterocycles. The zero-order chi connectivity index (χ0) is 11.1. The molecule has 0 spiro atoms. The maximum absolute atomic E-state index is 10.4. The Morgan fingerprint density at radius 1 is 1.33 bits per heavy atom. The van der Waals surface area contributed by atoms with E-state index in [1.165, 1.54) is 0 Å². The third-order valence-electron chi connectivity index (χ3n) is 3.11. The standard InChI is InChI=1S/C13H24O2/c1-3-5-6-9-12(15-4-2)13(14)10-7-8-11-13/h6,9,12,14H,3-5,7-8,10-11H2,1-2H3/b9-6+. The summed E-state index contributed by atoms with van der Waals surface area (Å²) in [7, 11) is 0. The summed E-state index contributed by atoms with van der Waals surface area (Å²) in [6.07, 6.45) is 10.3. The minimum Gasteiger partial charge on any atom is -0.387 e. The molecule has 15 heavy (non-hydrogen) atoms. The van der Waals surface area contributed by atoms with Crippen molar-refractivity contribution < 1.29 is 9.84 Å². The van der Waals surface area contributed by atoms with Crippen molar-refractivity contribution >= 4 is 0 Å². The van der Waals surface area contributed by atoms with E-state index in [9.17, 15) is 5.11 Å². The lowest BCUT2D eigenvalue weighted by Crippen LogP contribution is -2.40. The molecule has 1 atom stereocenters. The summed E-state index contributed by atoms with van der Waals surface area (Å²) in [4.78, 5) is 0. The quantitative estimate of drug-likeness (QED) is 0.686. The van der Waals surface area contributed by atoms with E-state index in [0.717, 1.165) is 38.5 Å². The maximum Gasteiger partial charge on any atom is 0.104 e. The van der Waals surface area contributed by atoms with Crippen LogP contribution in [0.25, 0.3) is 0 Å². The number of hydrogen-bond donors (Lipinski definition) is 1. The predicted molar refractivity (Wildman–Crippen MR) is 62.9 cm³/mol. The van der Waals surface area contributed by atoms with E-state index in [0.29, 0.717) is 6.61 Å². The van der Waals surface area contributed by atoms with Gasteiger partial charge in [-0.1, -0.05) is 38.3 Å². The van der Waals surface area contributed by atoms with Crippen LogP contribution in [0, 0.1) is 0 Å². The van der Waals surface area contributed by atoms with Crippen molar-refractivity contribution in [1.82, 2.24) is 0 Å². The van der Waals surface area contributed by atoms with Crippen molar-refractivity contribution in [3.05, 3.63) is 12.2 Å². The molecular formula is C13H24O2. The van der Waals surface area contributed by atoms with Crippen LogP contribution in [-0.4, -0.2) is 23.4 Å². The number of allylic oxidation sites excluding steroid dienone is 1. The van der Waals surface area contributed by atoms with Crippen LogP contribution >= 0.6 is 0 Å². The van der Waals surface area contributed by atoms with Gasteiger partial charge in [-0.3, -0.25) is 0 Å². The van der Waals surface area contributed by atoms with Crippen LogP contribution in [0.4, 0.5) is 0 Å². The molecule has 1 unspecified atom stereocenters. The molecule has 1 rings (SSSR count). The van der Waals surface area contributed by atoms with Gasteiger partial charge < -0.3 is 9.84 Å². The Labute approximate surface area is 93.3 Å². The van der Waals surface area contributed by atoms with Crippen LogP contribution in [0.2, 0.25) is 0 Å². The average Bonchev–Trinajstić information content (AvgIpc) is 2.65. The molecule has 1 aliphatic carbocycles. The SMILES string of the molecule is CCC/C=C/C(OCC)C1(O)CCCC1. The molecule has 1 fully saturated rings. The molecule has 2 nitrogen and oxygen atoms in total. The first-order valence-electron chi connectivity index (χ1n) is 6.23. The van der Waals surface area contributed by atoms with Crippen LogP contribution < -0.4 is 0 Å². The van der Waals surface area contributed by atoms with E-state index in [4.69, 9.17) is 4.74 Å². The first kappa shape index (κ1) is 12.7. The second-order valence-electron chi connectivity index (χ2n) is 4.40. The number of hydrogen-bond acceptors (Lipinski definition) is 2. The van der Waals surface area contributed by atoms with E-state index < -0.39 is 5.60 Å². The Morgan fingerprint density at radius 3 is 2.53 bits per heavy atom. The summed E-state index contributed by atoms with van der Waals surface area (Å²) in [5.41, 5.74) is -0.597. The van der Waals surface area contributed by atoms with Crippen LogP contribution in [0.5, 0.6) is 0 Å². The van der Waals surface area contributed by atoms with Gasteiger partial charge in [0.05, 0.1) is 5.60 Å². The van der Waals surface area contributed by atoms with E-state index >= 15 is 0 Å². The molecule has 0 amide bonds. The lowest BCUT2D eigenvalue weighted by atomic mass is 9.94. The second kappa shape index (κ2) is 6.29. The second-order valence-corrected chi connectivity index (χ2v) is 4.40. The van der Waals surface area contributed by atoms with Gasteiger partial charge >= 0.3 is 0 Å². The van der Waals surface area contributed by atoms with Gasteiger partial charge in [0.1, 0.15) is 6.10 Å². The largest absolute Gasteiger partial charge is 0.387 e. The topological polar surface area (TPSA) is 29.5 Å². The fraction of sp³-hybridized carbons (Fsp3) is 0.846. The third-order valence-corrected chi connectivity index (χ3v) is 3.11. The molecule has 1 N–H and O–H groups in total. The van der Waals surface area contributed by atoms with E-state index in [1.54, 1.807) is 0 Å². The molecule has 0 aromatic rings. The van der Waals surface area contributed by atoms with Crippen LogP contribution in [0.15, 0.2) is 12.2 Å². The molecule has 0 radical (unpaired) electrons. The van der Waals surface area contributed by atoms with Crippen molar-refractivity contribution in [2.45, 2.75) is 64.1 Å². The normalized spacial score (nSPS) is 22.3. The molecule has 1 saturated carbocycles. The van der Waals surface area contributed by atoms with Gasteiger partial charge in [0, 0.05) is 6.61 Å². The van der Waals surface area contributed by atoms with Gasteiger partial charge in [-0.05, 0) is 26.2 Å². The van der Waals surface area contributed by atoms with E-state index in [2.05, 4.69) is 19.1 Å². The smallest absolute Gasteiger partial charge is 0.104 e. The van der Waals surface area contributed by atoms with Crippen molar-refractivity contribution in [2.75, 3.05) is 6.61 Å². The minimum atomic E-state index is -0.597. The van der Waals surface area contributed by atoms with Crippen LogP contribution in [0.1, 0.15) is 52.4 Å². The lowest BCUT2D eigenvalue weighted by Gasteiger charge is -2.30. The zero-order valence-electron chi connectivity index (χ0n) is 10.0. The molecule has 2 heteroatoms. The third kappa shape index (κ3) is 3.62. The molecular weight excluding hydrogens is 188 g/mol. The minimum absolute atomic E-state index is 0.100. The summed E-state index contributed by atoms with van der Waals surface area (Å²) in [5, 5.41) is 10.4. The highest BCUT2D eigenvalue weighted by Crippen LogP contribution is 2.34. The summed E-state index contributed by atoms with van der Waals surface area (Å²) in [5.74, 6) is 0. The lowest BCUT2D eigenvalue weighted by molar-refractivity contribution is -0.0788. The van der Waals surface area contributed by atoms with Gasteiger partial charge in [-0.2, -0.15) is 0 Å². The molecule has 0 bridgehead atoms. The first-order valence-corrected chi connectivity index (χ1v) is 6.23. The van der Waals surface area contributed by atoms with Crippen LogP contribution in [0.3, 0.4) is 0 Å². The summed E-state index contributed by atoms with van der Waals surface area (Å²) < 4.78 is 5.64. The van der Waals surface area contributed by atoms with Gasteiger partial charge in [-0.15, -0.1) is 0 Å². The highest BCUT2D eigenvalue weighted by atomic mass is 16.5. The van der Waals surface area contributed by atoms with Crippen molar-refractivity contribution in [2.24, 2.45) is 0 Å². The Morgan fingerprint density at radius 2 is 2.00 bits per heavy atom. The molecule has 88 valence electrons. The van der Waals surface area contributed by atoms with Gasteiger partial charge in [-0.25, -0.2) is 0 Å². The Hall–Kier alpha value is -0.340. The van der Waals surface area contributed by atoms with Crippen LogP contribution in [-0.2, 0) is 4.74 Å². The fourth-order valence-electron chi connectivity index (χ4n) is 2.23. The number of aliphatic hydroxyl groups is 1. The van der Waals surface area contributed by atoms with Gasteiger partial charge in [0.15, 0.2) is 0 Å². The molecule has 0 aromatic carbocycles. The monoisotopic (exact) mass is 212 g/mol. The fourth-order valence-corrected chi connectivity index (χ4v) is 2.23. The highest BCUT2D eigenvalue weighted by Gasteiger charge is 2.38. The molecule has 1 aliphatic rings. The van der Waals surface area contributed by atoms with Crippen molar-refractivity contribution in [1.29, 1.82) is 0 Å². The highest BCUT2D eigenvalue weighted by molar-refractivity contribution is 5.03. The number of ether oxygens (including phenoxy) is 1. The zero-order valence-corrected chi connectivity index (χ0v) is 10.0. The van der Waals surface area contributed by atoms with Gasteiger partial charge in [0.25, 0.3) is 0 Å². The summed E-state index contributed by atoms with van der Waals surface area (Å²) in [6, 6.07) is 0. The molecule has 0 aromatic heterocycles. The van der Waals surface area contributed by atoms with E-state index in [1.807, 2.05) is 6.92 Å². The Bertz CT molecular complexity index is 193. The first-order chi connectivity index (χ1) is 7.23. The summed E-state index contributed by atoms with van der Waals surface area (Å²) >= 11 is 0. The maximum atomic E-state index is 10.4. The average molecular weight is 212 g/mol. The summed E-state index contributed by atoms with van der Waals surface area (Å²) in [6.45, 7) is 4.81. The number of unbranched alkanes of at least 4 members (excludes halogenated alkanes) is 1. The molecule has 0 saturated heterocycles. The van der Waals surface area contributed by atoms with E-state index in [-0.39, 0.29) is 6.10 Å².